The molecule has 1 aromatic carbocycles. The Kier molecular flexibility index (Phi) is 6.03. The van der Waals surface area contributed by atoms with Gasteiger partial charge in [0.15, 0.2) is 5.78 Å². The van der Waals surface area contributed by atoms with Gasteiger partial charge < -0.3 is 4.74 Å². The summed E-state index contributed by atoms with van der Waals surface area (Å²) in [5, 5.41) is 3.93. The standard InChI is InChI=1S/C23H19NO3S2/c25-22-18(12-20-8-4-10-28-20)14-24(15-19(22)13-21-9-5-11-29-21)23(26)27-16-17-6-2-1-3-7-17/h1-13H,14-16H2/b18-12+,19-13+. The average Bonchev–Trinajstić information content (AvgIpc) is 3.44. The monoisotopic (exact) mass is 421 g/mol. The molecule has 4 rings (SSSR count). The van der Waals surface area contributed by atoms with E-state index in [1.807, 2.05) is 77.5 Å². The molecule has 6 heteroatoms. The molecule has 29 heavy (non-hydrogen) atoms. The molecule has 0 radical (unpaired) electrons. The molecular formula is C23H19NO3S2. The van der Waals surface area contributed by atoms with Crippen LogP contribution in [0.1, 0.15) is 15.3 Å². The number of piperidine rings is 1. The molecule has 0 bridgehead atoms. The van der Waals surface area contributed by atoms with Crippen molar-refractivity contribution >= 4 is 46.7 Å². The van der Waals surface area contributed by atoms with Crippen LogP contribution in [0.25, 0.3) is 12.2 Å². The van der Waals surface area contributed by atoms with Gasteiger partial charge in [-0.3, -0.25) is 9.69 Å². The molecule has 0 spiro atoms. The number of ketones is 1. The molecule has 1 saturated heterocycles. The lowest BCUT2D eigenvalue weighted by Crippen LogP contribution is -2.41. The van der Waals surface area contributed by atoms with Crippen molar-refractivity contribution in [2.24, 2.45) is 0 Å². The van der Waals surface area contributed by atoms with Gasteiger partial charge in [0.05, 0.1) is 13.1 Å². The fraction of sp³-hybridized carbons (Fsp3) is 0.130. The first-order valence-corrected chi connectivity index (χ1v) is 10.9. The van der Waals surface area contributed by atoms with Gasteiger partial charge in [-0.1, -0.05) is 42.5 Å². The Balaban J connectivity index is 1.56. The molecule has 1 aliphatic heterocycles. The largest absolute Gasteiger partial charge is 0.445 e. The second kappa shape index (κ2) is 9.03. The summed E-state index contributed by atoms with van der Waals surface area (Å²) >= 11 is 3.12. The van der Waals surface area contributed by atoms with Crippen LogP contribution in [0.2, 0.25) is 0 Å². The van der Waals surface area contributed by atoms with Gasteiger partial charge in [0.2, 0.25) is 0 Å². The Morgan fingerprint density at radius 1 is 0.897 bits per heavy atom. The van der Waals surface area contributed by atoms with E-state index in [1.54, 1.807) is 27.6 Å². The normalized spacial score (nSPS) is 17.1. The van der Waals surface area contributed by atoms with Crippen LogP contribution in [0.4, 0.5) is 4.79 Å². The van der Waals surface area contributed by atoms with Crippen molar-refractivity contribution < 1.29 is 14.3 Å². The van der Waals surface area contributed by atoms with Crippen LogP contribution in [-0.4, -0.2) is 29.9 Å². The molecule has 146 valence electrons. The summed E-state index contributed by atoms with van der Waals surface area (Å²) in [6.45, 7) is 0.691. The van der Waals surface area contributed by atoms with E-state index in [9.17, 15) is 9.59 Å². The number of hydrogen-bond acceptors (Lipinski definition) is 5. The SMILES string of the molecule is O=C1/C(=C/c2cccs2)CN(C(=O)OCc2ccccc2)C/C1=C\c1cccs1. The third kappa shape index (κ3) is 4.91. The summed E-state index contributed by atoms with van der Waals surface area (Å²) in [5.41, 5.74) is 2.12. The highest BCUT2D eigenvalue weighted by Gasteiger charge is 2.30. The minimum atomic E-state index is -0.421. The number of amides is 1. The van der Waals surface area contributed by atoms with Crippen LogP contribution in [0, 0.1) is 0 Å². The number of ether oxygens (including phenoxy) is 1. The molecule has 3 heterocycles. The van der Waals surface area contributed by atoms with Crippen molar-refractivity contribution in [3.05, 3.63) is 91.8 Å². The maximum Gasteiger partial charge on any atom is 0.410 e. The van der Waals surface area contributed by atoms with Crippen molar-refractivity contribution in [3.63, 3.8) is 0 Å². The number of carbonyl (C=O) groups is 2. The first-order valence-electron chi connectivity index (χ1n) is 9.17. The Morgan fingerprint density at radius 3 is 2.00 bits per heavy atom. The van der Waals surface area contributed by atoms with Crippen LogP contribution in [-0.2, 0) is 16.1 Å². The molecule has 0 N–H and O–H groups in total. The first kappa shape index (κ1) is 19.4. The summed E-state index contributed by atoms with van der Waals surface area (Å²) in [6, 6.07) is 17.4. The average molecular weight is 422 g/mol. The zero-order valence-corrected chi connectivity index (χ0v) is 17.2. The predicted octanol–water partition coefficient (Wildman–Crippen LogP) is 5.50. The van der Waals surface area contributed by atoms with Gasteiger partial charge in [-0.05, 0) is 40.6 Å². The maximum absolute atomic E-state index is 13.0. The van der Waals surface area contributed by atoms with E-state index < -0.39 is 6.09 Å². The zero-order valence-electron chi connectivity index (χ0n) is 15.6. The topological polar surface area (TPSA) is 46.6 Å². The van der Waals surface area contributed by atoms with E-state index in [1.165, 1.54) is 0 Å². The van der Waals surface area contributed by atoms with Crippen LogP contribution in [0.3, 0.4) is 0 Å². The number of thiophene rings is 2. The van der Waals surface area contributed by atoms with E-state index in [4.69, 9.17) is 4.74 Å². The molecule has 0 saturated carbocycles. The highest BCUT2D eigenvalue weighted by molar-refractivity contribution is 7.11. The number of benzene rings is 1. The minimum Gasteiger partial charge on any atom is -0.445 e. The Morgan fingerprint density at radius 2 is 1.48 bits per heavy atom. The predicted molar refractivity (Wildman–Crippen MR) is 118 cm³/mol. The van der Waals surface area contributed by atoms with Gasteiger partial charge in [-0.15, -0.1) is 22.7 Å². The molecule has 4 nitrogen and oxygen atoms in total. The second-order valence-electron chi connectivity index (χ2n) is 6.60. The van der Waals surface area contributed by atoms with E-state index in [0.717, 1.165) is 15.3 Å². The van der Waals surface area contributed by atoms with E-state index in [0.29, 0.717) is 11.1 Å². The molecule has 0 unspecified atom stereocenters. The number of Topliss-reactive ketones (excluding diaryl/α,β-unsaturated/α-hetero) is 1. The van der Waals surface area contributed by atoms with Crippen molar-refractivity contribution in [3.8, 4) is 0 Å². The molecule has 1 fully saturated rings. The second-order valence-corrected chi connectivity index (χ2v) is 8.55. The van der Waals surface area contributed by atoms with E-state index in [2.05, 4.69) is 0 Å². The quantitative estimate of drug-likeness (QED) is 0.523. The third-order valence-corrected chi connectivity index (χ3v) is 6.13. The van der Waals surface area contributed by atoms with Gasteiger partial charge in [0.1, 0.15) is 6.61 Å². The summed E-state index contributed by atoms with van der Waals surface area (Å²) in [4.78, 5) is 29.3. The number of nitrogens with zero attached hydrogens (tertiary/aromatic N) is 1. The summed E-state index contributed by atoms with van der Waals surface area (Å²) in [6.07, 6.45) is 3.31. The Labute approximate surface area is 177 Å². The lowest BCUT2D eigenvalue weighted by Gasteiger charge is -2.29. The van der Waals surface area contributed by atoms with Crippen molar-refractivity contribution in [2.75, 3.05) is 13.1 Å². The van der Waals surface area contributed by atoms with Crippen LogP contribution in [0.5, 0.6) is 0 Å². The molecule has 3 aromatic rings. The Hall–Kier alpha value is -2.96. The van der Waals surface area contributed by atoms with Crippen molar-refractivity contribution in [2.45, 2.75) is 6.61 Å². The molecule has 1 aliphatic rings. The Bertz CT molecular complexity index is 979. The maximum atomic E-state index is 13.0. The molecular weight excluding hydrogens is 402 g/mol. The van der Waals surface area contributed by atoms with Gasteiger partial charge in [-0.2, -0.15) is 0 Å². The highest BCUT2D eigenvalue weighted by Crippen LogP contribution is 2.25. The van der Waals surface area contributed by atoms with Crippen LogP contribution in [0.15, 0.2) is 76.5 Å². The van der Waals surface area contributed by atoms with Crippen LogP contribution < -0.4 is 0 Å². The van der Waals surface area contributed by atoms with E-state index >= 15 is 0 Å². The van der Waals surface area contributed by atoms with Gasteiger partial charge in [0.25, 0.3) is 0 Å². The molecule has 1 amide bonds. The summed E-state index contributed by atoms with van der Waals surface area (Å²) < 4.78 is 5.50. The van der Waals surface area contributed by atoms with Gasteiger partial charge >= 0.3 is 6.09 Å². The van der Waals surface area contributed by atoms with Crippen molar-refractivity contribution in [1.29, 1.82) is 0 Å². The number of carbonyl (C=O) groups excluding carboxylic acids is 2. The molecule has 0 atom stereocenters. The lowest BCUT2D eigenvalue weighted by atomic mass is 9.97. The third-order valence-electron chi connectivity index (χ3n) is 4.49. The van der Waals surface area contributed by atoms with E-state index in [-0.39, 0.29) is 25.5 Å². The highest BCUT2D eigenvalue weighted by atomic mass is 32.1. The first-order chi connectivity index (χ1) is 14.2. The van der Waals surface area contributed by atoms with Crippen LogP contribution >= 0.6 is 22.7 Å². The van der Waals surface area contributed by atoms with Crippen molar-refractivity contribution in [1.82, 2.24) is 4.90 Å². The molecule has 2 aromatic heterocycles. The number of rotatable bonds is 4. The fourth-order valence-electron chi connectivity index (χ4n) is 3.07. The fourth-order valence-corrected chi connectivity index (χ4v) is 4.43. The van der Waals surface area contributed by atoms with Gasteiger partial charge in [-0.25, -0.2) is 4.79 Å². The van der Waals surface area contributed by atoms with Gasteiger partial charge in [0, 0.05) is 20.9 Å². The smallest absolute Gasteiger partial charge is 0.410 e. The number of hydrogen-bond donors (Lipinski definition) is 0. The minimum absolute atomic E-state index is 0.0149. The zero-order chi connectivity index (χ0) is 20.1. The molecule has 0 aliphatic carbocycles. The lowest BCUT2D eigenvalue weighted by molar-refractivity contribution is -0.113. The summed E-state index contributed by atoms with van der Waals surface area (Å²) in [5.74, 6) is -0.0149. The number of likely N-dealkylation sites (tertiary alicyclic amines) is 1. The summed E-state index contributed by atoms with van der Waals surface area (Å²) in [7, 11) is 0.